The number of carbonyl (C=O) groups excluding carboxylic acids is 1. The second-order valence-electron chi connectivity index (χ2n) is 6.17. The number of allylic oxidation sites excluding steroid dienone is 1. The minimum Gasteiger partial charge on any atom is -0.357 e. The minimum absolute atomic E-state index is 0.00400. The van der Waals surface area contributed by atoms with Crippen LogP contribution < -0.4 is 5.32 Å². The molecule has 1 aromatic carbocycles. The lowest BCUT2D eigenvalue weighted by Crippen LogP contribution is -2.35. The maximum atomic E-state index is 13.3. The highest BCUT2D eigenvalue weighted by Gasteiger charge is 2.33. The van der Waals surface area contributed by atoms with Gasteiger partial charge in [0.15, 0.2) is 28.6 Å². The highest BCUT2D eigenvalue weighted by molar-refractivity contribution is 8.04. The molecule has 1 aromatic heterocycles. The van der Waals surface area contributed by atoms with Gasteiger partial charge in [0.1, 0.15) is 6.54 Å². The number of hydrogen-bond acceptors (Lipinski definition) is 6. The van der Waals surface area contributed by atoms with E-state index in [0.29, 0.717) is 0 Å². The van der Waals surface area contributed by atoms with Gasteiger partial charge in [-0.15, -0.1) is 0 Å². The van der Waals surface area contributed by atoms with Crippen LogP contribution in [0.25, 0.3) is 0 Å². The van der Waals surface area contributed by atoms with Crippen molar-refractivity contribution in [3.05, 3.63) is 63.2 Å². The lowest BCUT2D eigenvalue weighted by atomic mass is 10.2. The number of rotatable bonds is 6. The number of thioether (sulfide) groups is 1. The van der Waals surface area contributed by atoms with Crippen molar-refractivity contribution in [2.45, 2.75) is 18.8 Å². The van der Waals surface area contributed by atoms with Gasteiger partial charge in [0.05, 0.1) is 6.33 Å². The molecule has 0 saturated carbocycles. The Labute approximate surface area is 162 Å². The van der Waals surface area contributed by atoms with Crippen LogP contribution in [-0.4, -0.2) is 39.3 Å². The fourth-order valence-electron chi connectivity index (χ4n) is 2.72. The van der Waals surface area contributed by atoms with Crippen LogP contribution >= 0.6 is 11.8 Å². The zero-order valence-electron chi connectivity index (χ0n) is 14.9. The third kappa shape index (κ3) is 4.03. The smallest absolute Gasteiger partial charge is 0.259 e. The van der Waals surface area contributed by atoms with Gasteiger partial charge >= 0.3 is 0 Å². The maximum Gasteiger partial charge on any atom is 0.259 e. The van der Waals surface area contributed by atoms with Crippen LogP contribution in [0.15, 0.2) is 40.4 Å². The number of aromatic nitrogens is 2. The first-order valence-electron chi connectivity index (χ1n) is 8.14. The zero-order valence-corrected chi connectivity index (χ0v) is 15.8. The molecule has 0 fully saturated rings. The number of amides is 1. The Kier molecular flexibility index (Phi) is 5.73. The second kappa shape index (κ2) is 8.05. The van der Waals surface area contributed by atoms with Gasteiger partial charge in [0.2, 0.25) is 0 Å². The van der Waals surface area contributed by atoms with Crippen LogP contribution in [0.1, 0.15) is 12.5 Å². The van der Waals surface area contributed by atoms with Crippen LogP contribution in [0.3, 0.4) is 0 Å². The van der Waals surface area contributed by atoms with Crippen LogP contribution in [0.5, 0.6) is 0 Å². The predicted octanol–water partition coefficient (Wildman–Crippen LogP) is 3.29. The number of hydrogen-bond donors (Lipinski definition) is 1. The summed E-state index contributed by atoms with van der Waals surface area (Å²) in [6.07, 6.45) is 2.87. The summed E-state index contributed by atoms with van der Waals surface area (Å²) in [7, 11) is 1.74. The van der Waals surface area contributed by atoms with Crippen LogP contribution in [0.4, 0.5) is 19.0 Å². The molecule has 0 bridgehead atoms. The van der Waals surface area contributed by atoms with Gasteiger partial charge in [0.25, 0.3) is 5.91 Å². The summed E-state index contributed by atoms with van der Waals surface area (Å²) in [4.78, 5) is 29.5. The van der Waals surface area contributed by atoms with Crippen molar-refractivity contribution in [2.24, 2.45) is 5.18 Å². The molecule has 1 aliphatic heterocycles. The predicted molar refractivity (Wildman–Crippen MR) is 98.8 cm³/mol. The van der Waals surface area contributed by atoms with Gasteiger partial charge in [-0.25, -0.2) is 18.2 Å². The number of benzene rings is 1. The monoisotopic (exact) mass is 411 g/mol. The maximum absolute atomic E-state index is 13.3. The number of imidazole rings is 1. The third-order valence-corrected chi connectivity index (χ3v) is 5.73. The molecule has 1 unspecified atom stereocenters. The summed E-state index contributed by atoms with van der Waals surface area (Å²) >= 11 is 1.24. The van der Waals surface area contributed by atoms with E-state index in [-0.39, 0.29) is 30.4 Å². The van der Waals surface area contributed by atoms with Crippen LogP contribution in [0.2, 0.25) is 0 Å². The van der Waals surface area contributed by atoms with Gasteiger partial charge in [-0.2, -0.15) is 4.91 Å². The molecule has 0 spiro atoms. The minimum atomic E-state index is -1.52. The van der Waals surface area contributed by atoms with E-state index in [9.17, 15) is 22.9 Å². The Morgan fingerprint density at radius 2 is 2.00 bits per heavy atom. The van der Waals surface area contributed by atoms with E-state index in [1.165, 1.54) is 28.9 Å². The number of anilines is 1. The van der Waals surface area contributed by atoms with Crippen molar-refractivity contribution in [3.8, 4) is 0 Å². The molecule has 1 N–H and O–H groups in total. The van der Waals surface area contributed by atoms with E-state index in [1.807, 2.05) is 0 Å². The van der Waals surface area contributed by atoms with Crippen molar-refractivity contribution >= 4 is 23.5 Å². The number of carbonyl (C=O) groups is 1. The third-order valence-electron chi connectivity index (χ3n) is 4.26. The normalized spacial score (nSPS) is 16.6. The van der Waals surface area contributed by atoms with E-state index in [2.05, 4.69) is 15.5 Å². The van der Waals surface area contributed by atoms with E-state index < -0.39 is 22.8 Å². The molecule has 3 rings (SSSR count). The molecule has 0 saturated heterocycles. The zero-order chi connectivity index (χ0) is 20.4. The molecule has 7 nitrogen and oxygen atoms in total. The van der Waals surface area contributed by atoms with Crippen LogP contribution in [0, 0.1) is 22.4 Å². The van der Waals surface area contributed by atoms with E-state index in [1.54, 1.807) is 18.9 Å². The van der Waals surface area contributed by atoms with E-state index in [4.69, 9.17) is 0 Å². The molecule has 1 atom stereocenters. The van der Waals surface area contributed by atoms with Crippen molar-refractivity contribution in [1.29, 1.82) is 0 Å². The molecule has 1 aliphatic rings. The first-order valence-corrected chi connectivity index (χ1v) is 9.02. The van der Waals surface area contributed by atoms with Crippen molar-refractivity contribution in [2.75, 3.05) is 18.9 Å². The summed E-state index contributed by atoms with van der Waals surface area (Å²) in [6.45, 7) is 1.85. The highest BCUT2D eigenvalue weighted by atomic mass is 32.2. The SMILES string of the molecule is CC1=C(CN=O)SC(C(=O)Nc2cn(Cc3cc(F)c(F)c(F)c3)cn2)N1C. The molecule has 11 heteroatoms. The van der Waals surface area contributed by atoms with Gasteiger partial charge in [0, 0.05) is 30.4 Å². The summed E-state index contributed by atoms with van der Waals surface area (Å²) < 4.78 is 41.2. The Morgan fingerprint density at radius 1 is 1.32 bits per heavy atom. The fourth-order valence-corrected chi connectivity index (χ4v) is 3.91. The lowest BCUT2D eigenvalue weighted by molar-refractivity contribution is -0.117. The molecule has 28 heavy (non-hydrogen) atoms. The van der Waals surface area contributed by atoms with Gasteiger partial charge in [-0.1, -0.05) is 16.9 Å². The average Bonchev–Trinajstić information content (AvgIpc) is 3.19. The second-order valence-corrected chi connectivity index (χ2v) is 7.35. The number of nitrogens with zero attached hydrogens (tertiary/aromatic N) is 4. The number of nitroso groups, excluding NO2 is 1. The van der Waals surface area contributed by atoms with Gasteiger partial charge in [-0.05, 0) is 24.6 Å². The summed E-state index contributed by atoms with van der Waals surface area (Å²) in [5.41, 5.74) is 1.01. The highest BCUT2D eigenvalue weighted by Crippen LogP contribution is 2.37. The molecule has 0 radical (unpaired) electrons. The van der Waals surface area contributed by atoms with Crippen molar-refractivity contribution in [3.63, 3.8) is 0 Å². The van der Waals surface area contributed by atoms with Crippen molar-refractivity contribution < 1.29 is 18.0 Å². The topological polar surface area (TPSA) is 79.6 Å². The molecular formula is C17H16F3N5O2S. The Bertz CT molecular complexity index is 939. The molecular weight excluding hydrogens is 395 g/mol. The Hall–Kier alpha value is -2.82. The average molecular weight is 411 g/mol. The Morgan fingerprint density at radius 3 is 2.64 bits per heavy atom. The molecule has 2 heterocycles. The summed E-state index contributed by atoms with van der Waals surface area (Å²) in [5, 5.41) is 4.95. The lowest BCUT2D eigenvalue weighted by Gasteiger charge is -2.21. The molecule has 148 valence electrons. The van der Waals surface area contributed by atoms with Crippen LogP contribution in [-0.2, 0) is 11.3 Å². The largest absolute Gasteiger partial charge is 0.357 e. The fraction of sp³-hybridized carbons (Fsp3) is 0.294. The van der Waals surface area contributed by atoms with Crippen molar-refractivity contribution in [1.82, 2.24) is 14.5 Å². The number of halogens is 3. The van der Waals surface area contributed by atoms with Gasteiger partial charge in [-0.3, -0.25) is 4.79 Å². The molecule has 2 aromatic rings. The standard InChI is InChI=1S/C17H16F3N5O2S/c1-9-13(5-22-27)28-17(24(9)2)16(26)23-14-7-25(8-21-14)6-10-3-11(18)15(20)12(19)4-10/h3-4,7-8,17H,5-6H2,1-2H3,(H,23,26). The molecule has 0 aliphatic carbocycles. The van der Waals surface area contributed by atoms with Gasteiger partial charge < -0.3 is 14.8 Å². The summed E-state index contributed by atoms with van der Waals surface area (Å²) in [5.74, 6) is -4.14. The molecule has 1 amide bonds. The van der Waals surface area contributed by atoms with E-state index >= 15 is 0 Å². The quantitative estimate of drug-likeness (QED) is 0.583. The first kappa shape index (κ1) is 19.9. The summed E-state index contributed by atoms with van der Waals surface area (Å²) in [6, 6.07) is 1.80. The first-order chi connectivity index (χ1) is 13.3. The number of likely N-dealkylation sites (N-methyl/N-ethyl adjacent to an activating group) is 1. The number of nitrogens with one attached hydrogen (secondary N) is 1. The Balaban J connectivity index is 1.65. The van der Waals surface area contributed by atoms with E-state index in [0.717, 1.165) is 22.7 Å².